The topological polar surface area (TPSA) is 52.3 Å². The van der Waals surface area contributed by atoms with Gasteiger partial charge < -0.3 is 10.5 Å². The molecule has 0 aliphatic heterocycles. The van der Waals surface area contributed by atoms with Crippen molar-refractivity contribution in [2.75, 3.05) is 30.1 Å². The van der Waals surface area contributed by atoms with Crippen LogP contribution in [0.15, 0.2) is 23.1 Å². The van der Waals surface area contributed by atoms with E-state index in [1.165, 1.54) is 0 Å². The van der Waals surface area contributed by atoms with Crippen LogP contribution in [-0.4, -0.2) is 28.6 Å². The number of benzene rings is 1. The van der Waals surface area contributed by atoms with E-state index < -0.39 is 10.8 Å². The van der Waals surface area contributed by atoms with Crippen LogP contribution in [0.2, 0.25) is 0 Å². The monoisotopic (exact) mass is 259 g/mol. The van der Waals surface area contributed by atoms with Crippen LogP contribution in [0.4, 0.5) is 5.69 Å². The minimum atomic E-state index is -1.01. The van der Waals surface area contributed by atoms with Gasteiger partial charge in [0.1, 0.15) is 5.75 Å². The van der Waals surface area contributed by atoms with Crippen molar-refractivity contribution < 1.29 is 8.95 Å². The van der Waals surface area contributed by atoms with Gasteiger partial charge >= 0.3 is 0 Å². The fourth-order valence-corrected chi connectivity index (χ4v) is 3.43. The summed E-state index contributed by atoms with van der Waals surface area (Å²) in [6.45, 7) is 2.09. The van der Waals surface area contributed by atoms with Crippen molar-refractivity contribution in [2.24, 2.45) is 0 Å². The first-order valence-corrected chi connectivity index (χ1v) is 7.56. The summed E-state index contributed by atoms with van der Waals surface area (Å²) in [4.78, 5) is 0.730. The van der Waals surface area contributed by atoms with E-state index in [2.05, 4.69) is 6.92 Å². The van der Waals surface area contributed by atoms with E-state index in [4.69, 9.17) is 10.5 Å². The van der Waals surface area contributed by atoms with Gasteiger partial charge in [0, 0.05) is 23.3 Å². The Morgan fingerprint density at radius 2 is 2.25 bits per heavy atom. The lowest BCUT2D eigenvalue weighted by Gasteiger charge is -2.08. The first-order chi connectivity index (χ1) is 7.69. The summed E-state index contributed by atoms with van der Waals surface area (Å²) in [5.74, 6) is 3.21. The summed E-state index contributed by atoms with van der Waals surface area (Å²) in [6, 6.07) is 5.24. The molecule has 16 heavy (non-hydrogen) atoms. The molecule has 0 aliphatic rings. The number of nitrogens with two attached hydrogens (primary N) is 1. The van der Waals surface area contributed by atoms with Crippen LogP contribution >= 0.6 is 11.8 Å². The largest absolute Gasteiger partial charge is 0.495 e. The van der Waals surface area contributed by atoms with E-state index in [-0.39, 0.29) is 0 Å². The quantitative estimate of drug-likeness (QED) is 0.628. The summed E-state index contributed by atoms with van der Waals surface area (Å²) in [7, 11) is 0.560. The van der Waals surface area contributed by atoms with Crippen molar-refractivity contribution in [1.29, 1.82) is 0 Å². The van der Waals surface area contributed by atoms with E-state index in [1.54, 1.807) is 37.1 Å². The Bertz CT molecular complexity index is 369. The zero-order chi connectivity index (χ0) is 12.0. The van der Waals surface area contributed by atoms with Crippen LogP contribution in [0.25, 0.3) is 0 Å². The number of anilines is 1. The Labute approximate surface area is 103 Å². The van der Waals surface area contributed by atoms with Gasteiger partial charge in [0.2, 0.25) is 0 Å². The van der Waals surface area contributed by atoms with Gasteiger partial charge in [-0.1, -0.05) is 6.92 Å². The van der Waals surface area contributed by atoms with Gasteiger partial charge in [-0.3, -0.25) is 4.21 Å². The normalized spacial score (nSPS) is 12.4. The zero-order valence-electron chi connectivity index (χ0n) is 9.56. The van der Waals surface area contributed by atoms with Crippen molar-refractivity contribution >= 4 is 28.2 Å². The highest BCUT2D eigenvalue weighted by Gasteiger charge is 2.10. The van der Waals surface area contributed by atoms with Crippen LogP contribution in [0.1, 0.15) is 6.92 Å². The Balaban J connectivity index is 2.74. The van der Waals surface area contributed by atoms with Crippen molar-refractivity contribution in [3.8, 4) is 5.75 Å². The molecule has 3 nitrogen and oxygen atoms in total. The molecular weight excluding hydrogens is 242 g/mol. The molecule has 90 valence electrons. The molecular formula is C11H17NO2S2. The third kappa shape index (κ3) is 3.72. The Hall–Kier alpha value is -0.680. The lowest BCUT2D eigenvalue weighted by Crippen LogP contribution is -2.03. The van der Waals surface area contributed by atoms with Crippen molar-refractivity contribution in [3.05, 3.63) is 18.2 Å². The van der Waals surface area contributed by atoms with Gasteiger partial charge in [-0.05, 0) is 17.9 Å². The maximum Gasteiger partial charge on any atom is 0.137 e. The Morgan fingerprint density at radius 3 is 2.88 bits per heavy atom. The summed E-state index contributed by atoms with van der Waals surface area (Å²) in [5, 5.41) is 0. The molecule has 0 amide bonds. The second-order valence-corrected chi connectivity index (χ2v) is 6.09. The van der Waals surface area contributed by atoms with Crippen LogP contribution in [-0.2, 0) is 10.8 Å². The maximum atomic E-state index is 12.0. The molecule has 0 aromatic heterocycles. The smallest absolute Gasteiger partial charge is 0.137 e. The summed E-state index contributed by atoms with van der Waals surface area (Å²) in [6.07, 6.45) is 0. The van der Waals surface area contributed by atoms with Crippen molar-refractivity contribution in [3.63, 3.8) is 0 Å². The molecule has 1 unspecified atom stereocenters. The molecule has 0 aliphatic carbocycles. The molecule has 0 radical (unpaired) electrons. The third-order valence-electron chi connectivity index (χ3n) is 2.05. The number of thioether (sulfide) groups is 1. The number of hydrogen-bond donors (Lipinski definition) is 1. The van der Waals surface area contributed by atoms with Gasteiger partial charge in [-0.15, -0.1) is 0 Å². The Kier molecular flexibility index (Phi) is 5.69. The van der Waals surface area contributed by atoms with E-state index in [9.17, 15) is 4.21 Å². The fraction of sp³-hybridized carbons (Fsp3) is 0.455. The first-order valence-electron chi connectivity index (χ1n) is 5.08. The molecule has 5 heteroatoms. The second kappa shape index (κ2) is 6.81. The number of ether oxygens (including phenoxy) is 1. The molecule has 0 heterocycles. The van der Waals surface area contributed by atoms with Crippen molar-refractivity contribution in [1.82, 2.24) is 0 Å². The first kappa shape index (κ1) is 13.4. The number of hydrogen-bond acceptors (Lipinski definition) is 4. The minimum Gasteiger partial charge on any atom is -0.495 e. The summed E-state index contributed by atoms with van der Waals surface area (Å²) < 4.78 is 17.2. The van der Waals surface area contributed by atoms with E-state index >= 15 is 0 Å². The average Bonchev–Trinajstić information content (AvgIpc) is 2.29. The lowest BCUT2D eigenvalue weighted by atomic mass is 10.3. The van der Waals surface area contributed by atoms with E-state index in [0.29, 0.717) is 17.2 Å². The summed E-state index contributed by atoms with van der Waals surface area (Å²) >= 11 is 1.79. The van der Waals surface area contributed by atoms with Crippen LogP contribution in [0.5, 0.6) is 5.75 Å². The minimum absolute atomic E-state index is 0.611. The number of nitrogen functional groups attached to an aromatic ring is 1. The molecule has 2 N–H and O–H groups in total. The molecule has 1 aromatic carbocycles. The van der Waals surface area contributed by atoms with Gasteiger partial charge in [0.05, 0.1) is 22.8 Å². The standard InChI is InChI=1S/C11H17NO2S2/c1-3-15-6-7-16(13)11-5-4-9(12)8-10(11)14-2/h4-5,8H,3,6-7,12H2,1-2H3. The molecule has 0 fully saturated rings. The lowest BCUT2D eigenvalue weighted by molar-refractivity contribution is 0.404. The maximum absolute atomic E-state index is 12.0. The SMILES string of the molecule is CCSCCS(=O)c1ccc(N)cc1OC. The highest BCUT2D eigenvalue weighted by atomic mass is 32.2. The highest BCUT2D eigenvalue weighted by Crippen LogP contribution is 2.25. The number of rotatable bonds is 6. The zero-order valence-corrected chi connectivity index (χ0v) is 11.2. The Morgan fingerprint density at radius 1 is 1.50 bits per heavy atom. The molecule has 0 spiro atoms. The predicted octanol–water partition coefficient (Wildman–Crippen LogP) is 2.14. The predicted molar refractivity (Wildman–Crippen MR) is 71.7 cm³/mol. The molecule has 1 rings (SSSR count). The van der Waals surface area contributed by atoms with E-state index in [0.717, 1.165) is 16.4 Å². The van der Waals surface area contributed by atoms with Crippen molar-refractivity contribution in [2.45, 2.75) is 11.8 Å². The van der Waals surface area contributed by atoms with Gasteiger partial charge in [0.25, 0.3) is 0 Å². The second-order valence-electron chi connectivity index (χ2n) is 3.16. The van der Waals surface area contributed by atoms with Gasteiger partial charge in [-0.25, -0.2) is 0 Å². The van der Waals surface area contributed by atoms with Gasteiger partial charge in [-0.2, -0.15) is 11.8 Å². The third-order valence-corrected chi connectivity index (χ3v) is 4.61. The molecule has 1 atom stereocenters. The molecule has 1 aromatic rings. The van der Waals surface area contributed by atoms with E-state index in [1.807, 2.05) is 0 Å². The van der Waals surface area contributed by atoms with Crippen LogP contribution in [0.3, 0.4) is 0 Å². The fourth-order valence-electron chi connectivity index (χ4n) is 1.26. The average molecular weight is 259 g/mol. The highest BCUT2D eigenvalue weighted by molar-refractivity contribution is 8.00. The molecule has 0 bridgehead atoms. The molecule has 0 saturated carbocycles. The molecule has 0 saturated heterocycles. The number of methoxy groups -OCH3 is 1. The van der Waals surface area contributed by atoms with Gasteiger partial charge in [0.15, 0.2) is 0 Å². The summed E-state index contributed by atoms with van der Waals surface area (Å²) in [5.41, 5.74) is 6.27. The van der Waals surface area contributed by atoms with Crippen LogP contribution < -0.4 is 10.5 Å². The van der Waals surface area contributed by atoms with Crippen LogP contribution in [0, 0.1) is 0 Å².